The van der Waals surface area contributed by atoms with Crippen molar-refractivity contribution in [2.24, 2.45) is 17.8 Å². The zero-order valence-corrected chi connectivity index (χ0v) is 40.9. The van der Waals surface area contributed by atoms with E-state index in [1.54, 1.807) is 0 Å². The first-order valence-electron chi connectivity index (χ1n) is 27.2. The zero-order valence-electron chi connectivity index (χ0n) is 40.9. The average Bonchev–Trinajstić information content (AvgIpc) is 4.21. The minimum absolute atomic E-state index is 0.0498. The van der Waals surface area contributed by atoms with E-state index in [1.807, 2.05) is 0 Å². The smallest absolute Gasteiger partial charge is 0.130 e. The molecule has 3 N–H and O–H groups in total. The highest BCUT2D eigenvalue weighted by atomic mass is 16.5. The molecule has 360 valence electrons. The Balaban J connectivity index is 0.914. The van der Waals surface area contributed by atoms with Crippen molar-refractivity contribution in [1.82, 2.24) is 25.8 Å². The fourth-order valence-electron chi connectivity index (χ4n) is 15.1. The molecule has 0 radical (unpaired) electrons. The van der Waals surface area contributed by atoms with Crippen LogP contribution in [0.25, 0.3) is 6.08 Å². The molecule has 0 spiro atoms. The normalized spacial score (nSPS) is 33.5. The predicted octanol–water partition coefficient (Wildman–Crippen LogP) is 12.2. The molecule has 5 heterocycles. The van der Waals surface area contributed by atoms with E-state index in [1.165, 1.54) is 67.1 Å². The highest BCUT2D eigenvalue weighted by molar-refractivity contribution is 5.61. The molecule has 8 heteroatoms. The summed E-state index contributed by atoms with van der Waals surface area (Å²) in [6.07, 6.45) is 54.7. The number of benzene rings is 1. The minimum atomic E-state index is -0.275. The molecule has 10 atom stereocenters. The molecule has 9 aliphatic carbocycles. The molecular formula is C64H62N6O2. The van der Waals surface area contributed by atoms with Crippen LogP contribution in [-0.2, 0) is 17.6 Å². The first kappa shape index (κ1) is 43.0. The largest absolute Gasteiger partial charge is 0.489 e. The highest BCUT2D eigenvalue weighted by Gasteiger charge is 2.55. The van der Waals surface area contributed by atoms with Crippen LogP contribution in [0, 0.1) is 29.1 Å². The van der Waals surface area contributed by atoms with Crippen LogP contribution in [0.15, 0.2) is 205 Å². The van der Waals surface area contributed by atoms with Crippen molar-refractivity contribution >= 4 is 6.08 Å². The molecule has 72 heavy (non-hydrogen) atoms. The predicted molar refractivity (Wildman–Crippen MR) is 282 cm³/mol. The van der Waals surface area contributed by atoms with Crippen molar-refractivity contribution < 1.29 is 9.15 Å². The SMILES string of the molecule is N#CC1=C(N2C3=C(C=CCC3)C3CCc4oc5c(c4C32)CCC=C5)CC(N2C3=C(C=CC4OC5=C(C=CCC5)C34)C3C=CC=CC32)C(C2NC(C3=CCCC(C4=CCCC=C4)=C3)NC(c3ccccc3)N2)=C1. The number of hydrogen-bond donors (Lipinski definition) is 3. The lowest BCUT2D eigenvalue weighted by Crippen LogP contribution is -2.66. The molecule has 15 rings (SSSR count). The second kappa shape index (κ2) is 17.3. The van der Waals surface area contributed by atoms with Gasteiger partial charge in [0.25, 0.3) is 0 Å². The monoisotopic (exact) mass is 946 g/mol. The lowest BCUT2D eigenvalue weighted by molar-refractivity contribution is 0.129. The summed E-state index contributed by atoms with van der Waals surface area (Å²) in [5, 5.41) is 24.2. The summed E-state index contributed by atoms with van der Waals surface area (Å²) in [5.41, 5.74) is 18.1. The maximum Gasteiger partial charge on any atom is 0.130 e. The van der Waals surface area contributed by atoms with Gasteiger partial charge in [-0.15, -0.1) is 0 Å². The van der Waals surface area contributed by atoms with Gasteiger partial charge in [0, 0.05) is 64.9 Å². The van der Waals surface area contributed by atoms with E-state index in [4.69, 9.17) is 9.15 Å². The summed E-state index contributed by atoms with van der Waals surface area (Å²) in [4.78, 5) is 5.55. The number of fused-ring (bicyclic) bond motifs is 11. The topological polar surface area (TPSA) is 88.7 Å². The third kappa shape index (κ3) is 6.73. The molecule has 1 saturated heterocycles. The first-order valence-corrected chi connectivity index (χ1v) is 27.2. The van der Waals surface area contributed by atoms with Crippen LogP contribution in [0.2, 0.25) is 0 Å². The lowest BCUT2D eigenvalue weighted by Gasteiger charge is -2.49. The number of nitrogens with zero attached hydrogens (tertiary/aromatic N) is 3. The average molecular weight is 947 g/mol. The Kier molecular flexibility index (Phi) is 10.3. The van der Waals surface area contributed by atoms with Gasteiger partial charge in [-0.05, 0) is 121 Å². The molecular weight excluding hydrogens is 885 g/mol. The standard InChI is InChI=1S/C64H62N6O2/c65-37-42-35-49(64-67-62(39-18-5-2-6-19-39)66-63(68-64)41-21-15-20-40(34-41)38-16-3-1-4-17-38)53(70-51-27-12-8-23-44(51)46-31-33-57-59(61(46)70)48-25-10-14-29-55(48)72-57)36-52(42)69-50-26-11-7-22-43(50)45-30-32-56-58(60(45)69)47-24-9-13-28-54(47)71-56/h2-3,5-8,10,12-13,16-19,21-23,25,27-28,31,33-35,44-45,51,53,57,59-60,62-64,66-68H,1,4,9,11,14-15,20,24,26,29-30,32,36H2. The van der Waals surface area contributed by atoms with E-state index in [0.29, 0.717) is 12.3 Å². The van der Waals surface area contributed by atoms with Crippen LogP contribution in [0.5, 0.6) is 0 Å². The van der Waals surface area contributed by atoms with Gasteiger partial charge in [0.05, 0.1) is 48.1 Å². The van der Waals surface area contributed by atoms with E-state index in [-0.39, 0.29) is 54.6 Å². The summed E-state index contributed by atoms with van der Waals surface area (Å²) in [6, 6.07) is 13.9. The Labute approximate surface area is 423 Å². The third-order valence-corrected chi connectivity index (χ3v) is 18.2. The van der Waals surface area contributed by atoms with E-state index < -0.39 is 0 Å². The summed E-state index contributed by atoms with van der Waals surface area (Å²) < 4.78 is 13.7. The molecule has 8 nitrogen and oxygen atoms in total. The number of allylic oxidation sites excluding steroid dienone is 18. The van der Waals surface area contributed by atoms with E-state index >= 15 is 0 Å². The third-order valence-electron chi connectivity index (χ3n) is 18.2. The maximum absolute atomic E-state index is 11.8. The fraction of sp³-hybridized carbons (Fsp3) is 0.359. The van der Waals surface area contributed by atoms with Crippen LogP contribution in [0.3, 0.4) is 0 Å². The highest BCUT2D eigenvalue weighted by Crippen LogP contribution is 2.59. The van der Waals surface area contributed by atoms with Gasteiger partial charge in [-0.25, -0.2) is 0 Å². The first-order chi connectivity index (χ1) is 35.7. The van der Waals surface area contributed by atoms with Gasteiger partial charge >= 0.3 is 0 Å². The van der Waals surface area contributed by atoms with Crippen molar-refractivity contribution in [2.45, 2.75) is 126 Å². The molecule has 1 aromatic carbocycles. The Morgan fingerprint density at radius 1 is 0.694 bits per heavy atom. The number of rotatable bonds is 6. The van der Waals surface area contributed by atoms with E-state index in [9.17, 15) is 5.26 Å². The van der Waals surface area contributed by atoms with Gasteiger partial charge in [-0.3, -0.25) is 16.0 Å². The Hall–Kier alpha value is -6.63. The molecule has 2 aromatic rings. The maximum atomic E-state index is 11.8. The van der Waals surface area contributed by atoms with Gasteiger partial charge in [-0.1, -0.05) is 121 Å². The number of aryl methyl sites for hydroxylation is 1. The molecule has 0 bridgehead atoms. The van der Waals surface area contributed by atoms with Crippen LogP contribution in [-0.4, -0.2) is 40.3 Å². The quantitative estimate of drug-likeness (QED) is 0.264. The van der Waals surface area contributed by atoms with Crippen LogP contribution in [0.4, 0.5) is 0 Å². The van der Waals surface area contributed by atoms with Crippen molar-refractivity contribution in [2.75, 3.05) is 0 Å². The van der Waals surface area contributed by atoms with Crippen LogP contribution < -0.4 is 16.0 Å². The molecule has 4 aliphatic heterocycles. The van der Waals surface area contributed by atoms with Crippen molar-refractivity contribution in [3.63, 3.8) is 0 Å². The second-order valence-electron chi connectivity index (χ2n) is 21.9. The summed E-state index contributed by atoms with van der Waals surface area (Å²) in [6.45, 7) is 0. The van der Waals surface area contributed by atoms with Crippen LogP contribution >= 0.6 is 0 Å². The van der Waals surface area contributed by atoms with Gasteiger partial charge in [-0.2, -0.15) is 5.26 Å². The number of hydrogen-bond acceptors (Lipinski definition) is 8. The Morgan fingerprint density at radius 3 is 2.43 bits per heavy atom. The molecule has 1 fully saturated rings. The van der Waals surface area contributed by atoms with Gasteiger partial charge in [0.2, 0.25) is 0 Å². The van der Waals surface area contributed by atoms with Crippen molar-refractivity contribution in [1.29, 1.82) is 5.26 Å². The number of nitrogens with one attached hydrogen (secondary N) is 3. The molecule has 13 aliphatic rings. The molecule has 0 saturated carbocycles. The number of nitriles is 1. The van der Waals surface area contributed by atoms with E-state index in [2.05, 4.69) is 172 Å². The van der Waals surface area contributed by atoms with Gasteiger partial charge in [0.15, 0.2) is 0 Å². The van der Waals surface area contributed by atoms with Gasteiger partial charge < -0.3 is 19.0 Å². The molecule has 10 unspecified atom stereocenters. The Morgan fingerprint density at radius 2 is 1.53 bits per heavy atom. The number of ether oxygens (including phenoxy) is 1. The van der Waals surface area contributed by atoms with Crippen LogP contribution in [0.1, 0.15) is 111 Å². The lowest BCUT2D eigenvalue weighted by atomic mass is 9.77. The minimum Gasteiger partial charge on any atom is -0.489 e. The second-order valence-corrected chi connectivity index (χ2v) is 21.9. The summed E-state index contributed by atoms with van der Waals surface area (Å²) in [7, 11) is 0. The molecule has 1 aromatic heterocycles. The van der Waals surface area contributed by atoms with Gasteiger partial charge in [0.1, 0.15) is 29.5 Å². The summed E-state index contributed by atoms with van der Waals surface area (Å²) >= 11 is 0. The fourth-order valence-corrected chi connectivity index (χ4v) is 15.1. The van der Waals surface area contributed by atoms with Crippen molar-refractivity contribution in [3.8, 4) is 6.07 Å². The van der Waals surface area contributed by atoms with Crippen molar-refractivity contribution in [3.05, 3.63) is 229 Å². The van der Waals surface area contributed by atoms with E-state index in [0.717, 1.165) is 106 Å². The molecule has 0 amide bonds. The number of furan rings is 1. The Bertz CT molecular complexity index is 3210. The zero-order chi connectivity index (χ0) is 47.4. The summed E-state index contributed by atoms with van der Waals surface area (Å²) in [5.74, 6) is 3.98.